The molecular formula is C23H27ClN4O. The van der Waals surface area contributed by atoms with Gasteiger partial charge in [0.2, 0.25) is 5.91 Å². The van der Waals surface area contributed by atoms with Crippen molar-refractivity contribution in [3.8, 4) is 17.2 Å². The summed E-state index contributed by atoms with van der Waals surface area (Å²) in [6, 6.07) is 15.9. The molecule has 1 N–H and O–H groups in total. The van der Waals surface area contributed by atoms with Gasteiger partial charge in [-0.25, -0.2) is 0 Å². The Kier molecular flexibility index (Phi) is 6.92. The fraction of sp³-hybridized carbons (Fsp3) is 0.391. The first-order valence-corrected chi connectivity index (χ1v) is 10.2. The summed E-state index contributed by atoms with van der Waals surface area (Å²) in [7, 11) is 4.09. The fourth-order valence-electron chi connectivity index (χ4n) is 3.86. The minimum atomic E-state index is -0.297. The van der Waals surface area contributed by atoms with Gasteiger partial charge in [-0.15, -0.1) is 0 Å². The average molecular weight is 411 g/mol. The highest BCUT2D eigenvalue weighted by Crippen LogP contribution is 2.30. The summed E-state index contributed by atoms with van der Waals surface area (Å²) in [5, 5.41) is 12.5. The lowest BCUT2D eigenvalue weighted by Gasteiger charge is -2.21. The SMILES string of the molecule is C[C@H]1C[C@@H](C(=O)Nc2cc(-c3ccc(CN(C)C)cc3)ccc2Cl)N(CC#N)C1. The highest BCUT2D eigenvalue weighted by atomic mass is 35.5. The number of nitriles is 1. The molecule has 0 radical (unpaired) electrons. The van der Waals surface area contributed by atoms with Crippen molar-refractivity contribution in [2.45, 2.75) is 25.9 Å². The minimum Gasteiger partial charge on any atom is -0.323 e. The molecule has 0 spiro atoms. The lowest BCUT2D eigenvalue weighted by molar-refractivity contribution is -0.120. The molecule has 6 heteroatoms. The molecule has 1 amide bonds. The standard InChI is InChI=1S/C23H27ClN4O/c1-16-12-22(28(14-16)11-10-25)23(29)26-21-13-19(8-9-20(21)24)18-6-4-17(5-7-18)15-27(2)3/h4-9,13,16,22H,11-12,14-15H2,1-3H3,(H,26,29)/t16-,22-/m0/s1. The summed E-state index contributed by atoms with van der Waals surface area (Å²) in [5.74, 6) is 0.284. The zero-order chi connectivity index (χ0) is 21.0. The van der Waals surface area contributed by atoms with E-state index in [9.17, 15) is 4.79 Å². The molecule has 0 saturated carbocycles. The zero-order valence-electron chi connectivity index (χ0n) is 17.2. The van der Waals surface area contributed by atoms with Crippen LogP contribution in [0.1, 0.15) is 18.9 Å². The molecule has 2 aromatic rings. The molecule has 1 heterocycles. The van der Waals surface area contributed by atoms with Crippen LogP contribution < -0.4 is 5.32 Å². The van der Waals surface area contributed by atoms with Gasteiger partial charge in [-0.2, -0.15) is 5.26 Å². The van der Waals surface area contributed by atoms with Crippen molar-refractivity contribution < 1.29 is 4.79 Å². The van der Waals surface area contributed by atoms with Gasteiger partial charge in [0.05, 0.1) is 29.4 Å². The highest BCUT2D eigenvalue weighted by Gasteiger charge is 2.34. The van der Waals surface area contributed by atoms with E-state index in [1.54, 1.807) is 0 Å². The van der Waals surface area contributed by atoms with Gasteiger partial charge in [0.1, 0.15) is 0 Å². The van der Waals surface area contributed by atoms with Crippen molar-refractivity contribution in [2.24, 2.45) is 5.92 Å². The van der Waals surface area contributed by atoms with Gasteiger partial charge in [0, 0.05) is 13.1 Å². The molecule has 1 aliphatic rings. The molecule has 0 aromatic heterocycles. The first kappa shape index (κ1) is 21.3. The predicted octanol–water partition coefficient (Wildman–Crippen LogP) is 4.24. The molecule has 5 nitrogen and oxygen atoms in total. The number of rotatable bonds is 6. The minimum absolute atomic E-state index is 0.106. The van der Waals surface area contributed by atoms with Crippen LogP contribution in [0.5, 0.6) is 0 Å². The van der Waals surface area contributed by atoms with Gasteiger partial charge < -0.3 is 10.2 Å². The van der Waals surface area contributed by atoms with Gasteiger partial charge in [0.15, 0.2) is 0 Å². The van der Waals surface area contributed by atoms with E-state index in [0.29, 0.717) is 16.6 Å². The van der Waals surface area contributed by atoms with Crippen molar-refractivity contribution in [1.29, 1.82) is 5.26 Å². The third-order valence-electron chi connectivity index (χ3n) is 5.20. The molecule has 0 aliphatic carbocycles. The molecule has 1 saturated heterocycles. The van der Waals surface area contributed by atoms with E-state index in [0.717, 1.165) is 30.6 Å². The molecule has 1 aliphatic heterocycles. The predicted molar refractivity (Wildman–Crippen MR) is 118 cm³/mol. The summed E-state index contributed by atoms with van der Waals surface area (Å²) < 4.78 is 0. The number of anilines is 1. The molecule has 0 unspecified atom stereocenters. The molecule has 29 heavy (non-hydrogen) atoms. The maximum atomic E-state index is 12.9. The van der Waals surface area contributed by atoms with Crippen LogP contribution in [-0.2, 0) is 11.3 Å². The Labute approximate surface area is 177 Å². The molecule has 0 bridgehead atoms. The van der Waals surface area contributed by atoms with Crippen LogP contribution in [0.2, 0.25) is 5.02 Å². The van der Waals surface area contributed by atoms with Gasteiger partial charge in [0.25, 0.3) is 0 Å². The van der Waals surface area contributed by atoms with Crippen molar-refractivity contribution in [1.82, 2.24) is 9.80 Å². The first-order chi connectivity index (χ1) is 13.9. The molecule has 152 valence electrons. The maximum Gasteiger partial charge on any atom is 0.241 e. The summed E-state index contributed by atoms with van der Waals surface area (Å²) in [5.41, 5.74) is 3.91. The van der Waals surface area contributed by atoms with E-state index in [4.69, 9.17) is 16.9 Å². The van der Waals surface area contributed by atoms with Crippen molar-refractivity contribution in [3.05, 3.63) is 53.1 Å². The molecule has 1 fully saturated rings. The van der Waals surface area contributed by atoms with Gasteiger partial charge in [-0.05, 0) is 55.3 Å². The fourth-order valence-corrected chi connectivity index (χ4v) is 4.02. The molecule has 2 aromatic carbocycles. The van der Waals surface area contributed by atoms with Crippen LogP contribution in [0.15, 0.2) is 42.5 Å². The second-order valence-electron chi connectivity index (χ2n) is 8.06. The van der Waals surface area contributed by atoms with Gasteiger partial charge in [-0.3, -0.25) is 9.69 Å². The summed E-state index contributed by atoms with van der Waals surface area (Å²) in [4.78, 5) is 16.9. The van der Waals surface area contributed by atoms with Crippen LogP contribution in [0.4, 0.5) is 5.69 Å². The Morgan fingerprint density at radius 2 is 1.93 bits per heavy atom. The lowest BCUT2D eigenvalue weighted by Crippen LogP contribution is -2.39. The van der Waals surface area contributed by atoms with Gasteiger partial charge in [-0.1, -0.05) is 48.9 Å². The van der Waals surface area contributed by atoms with Crippen LogP contribution >= 0.6 is 11.6 Å². The number of likely N-dealkylation sites (tertiary alicyclic amines) is 1. The second kappa shape index (κ2) is 9.41. The largest absolute Gasteiger partial charge is 0.323 e. The molecule has 3 rings (SSSR count). The number of halogens is 1. The summed E-state index contributed by atoms with van der Waals surface area (Å²) in [6.45, 7) is 4.01. The van der Waals surface area contributed by atoms with E-state index in [1.807, 2.05) is 37.2 Å². The summed E-state index contributed by atoms with van der Waals surface area (Å²) in [6.07, 6.45) is 0.748. The Morgan fingerprint density at radius 3 is 2.59 bits per heavy atom. The first-order valence-electron chi connectivity index (χ1n) is 9.83. The van der Waals surface area contributed by atoms with E-state index in [2.05, 4.69) is 47.5 Å². The molecule has 2 atom stereocenters. The number of carbonyl (C=O) groups is 1. The number of hydrogen-bond acceptors (Lipinski definition) is 4. The third-order valence-corrected chi connectivity index (χ3v) is 5.53. The number of nitrogens with one attached hydrogen (secondary N) is 1. The third kappa shape index (κ3) is 5.36. The Bertz CT molecular complexity index is 904. The quantitative estimate of drug-likeness (QED) is 0.723. The Morgan fingerprint density at radius 1 is 1.24 bits per heavy atom. The van der Waals surface area contributed by atoms with Crippen molar-refractivity contribution in [3.63, 3.8) is 0 Å². The number of nitrogens with zero attached hydrogens (tertiary/aromatic N) is 3. The summed E-state index contributed by atoms with van der Waals surface area (Å²) >= 11 is 6.36. The van der Waals surface area contributed by atoms with Crippen LogP contribution in [0.25, 0.3) is 11.1 Å². The van der Waals surface area contributed by atoms with E-state index < -0.39 is 0 Å². The van der Waals surface area contributed by atoms with Crippen LogP contribution in [-0.4, -0.2) is 48.9 Å². The number of hydrogen-bond donors (Lipinski definition) is 1. The van der Waals surface area contributed by atoms with E-state index in [1.165, 1.54) is 5.56 Å². The van der Waals surface area contributed by atoms with Crippen LogP contribution in [0.3, 0.4) is 0 Å². The monoisotopic (exact) mass is 410 g/mol. The zero-order valence-corrected chi connectivity index (χ0v) is 17.9. The number of benzene rings is 2. The Balaban J connectivity index is 1.77. The number of carbonyl (C=O) groups excluding carboxylic acids is 1. The van der Waals surface area contributed by atoms with Crippen LogP contribution in [0, 0.1) is 17.2 Å². The average Bonchev–Trinajstić information content (AvgIpc) is 3.04. The van der Waals surface area contributed by atoms with Crippen molar-refractivity contribution in [2.75, 3.05) is 32.5 Å². The topological polar surface area (TPSA) is 59.4 Å². The van der Waals surface area contributed by atoms with E-state index >= 15 is 0 Å². The number of amides is 1. The molecular weight excluding hydrogens is 384 g/mol. The van der Waals surface area contributed by atoms with Crippen molar-refractivity contribution >= 4 is 23.2 Å². The normalized spacial score (nSPS) is 19.3. The Hall–Kier alpha value is -2.39. The van der Waals surface area contributed by atoms with Gasteiger partial charge >= 0.3 is 0 Å². The second-order valence-corrected chi connectivity index (χ2v) is 8.47. The smallest absolute Gasteiger partial charge is 0.241 e. The lowest BCUT2D eigenvalue weighted by atomic mass is 10.0. The van der Waals surface area contributed by atoms with E-state index in [-0.39, 0.29) is 18.5 Å². The highest BCUT2D eigenvalue weighted by molar-refractivity contribution is 6.33. The maximum absolute atomic E-state index is 12.9.